The molecule has 26 heavy (non-hydrogen) atoms. The molecule has 1 unspecified atom stereocenters. The first-order valence-corrected chi connectivity index (χ1v) is 9.23. The van der Waals surface area contributed by atoms with Gasteiger partial charge in [0.2, 0.25) is 0 Å². The average molecular weight is 374 g/mol. The Labute approximate surface area is 156 Å². The molecule has 138 valence electrons. The van der Waals surface area contributed by atoms with Gasteiger partial charge in [-0.1, -0.05) is 0 Å². The van der Waals surface area contributed by atoms with Gasteiger partial charge in [0.15, 0.2) is 0 Å². The number of amides is 2. The second-order valence-corrected chi connectivity index (χ2v) is 7.39. The maximum atomic E-state index is 12.5. The van der Waals surface area contributed by atoms with Crippen molar-refractivity contribution in [2.45, 2.75) is 18.9 Å². The topological polar surface area (TPSA) is 67.9 Å². The van der Waals surface area contributed by atoms with E-state index in [4.69, 9.17) is 9.47 Å². The minimum absolute atomic E-state index is 0.104. The lowest BCUT2D eigenvalue weighted by Crippen LogP contribution is -2.22. The van der Waals surface area contributed by atoms with E-state index in [0.717, 1.165) is 24.3 Å². The van der Waals surface area contributed by atoms with Crippen molar-refractivity contribution >= 4 is 28.8 Å². The molecule has 0 aliphatic carbocycles. The van der Waals surface area contributed by atoms with E-state index in [1.165, 1.54) is 23.3 Å². The van der Waals surface area contributed by atoms with E-state index in [1.807, 2.05) is 12.1 Å². The molecule has 1 aliphatic heterocycles. The molecule has 0 bridgehead atoms. The number of methoxy groups -OCH3 is 1. The van der Waals surface area contributed by atoms with Crippen molar-refractivity contribution in [3.05, 3.63) is 45.6 Å². The van der Waals surface area contributed by atoms with Crippen LogP contribution in [0.2, 0.25) is 0 Å². The van der Waals surface area contributed by atoms with Crippen LogP contribution in [0.3, 0.4) is 0 Å². The average Bonchev–Trinajstić information content (AvgIpc) is 3.32. The molecule has 1 saturated heterocycles. The van der Waals surface area contributed by atoms with Gasteiger partial charge < -0.3 is 19.7 Å². The van der Waals surface area contributed by atoms with Crippen molar-refractivity contribution in [1.29, 1.82) is 0 Å². The summed E-state index contributed by atoms with van der Waals surface area (Å²) in [6, 6.07) is 8.79. The monoisotopic (exact) mass is 374 g/mol. The maximum Gasteiger partial charge on any atom is 0.265 e. The number of anilines is 1. The third-order valence-corrected chi connectivity index (χ3v) is 5.37. The van der Waals surface area contributed by atoms with Crippen LogP contribution in [0.15, 0.2) is 30.3 Å². The van der Waals surface area contributed by atoms with Crippen LogP contribution in [0.5, 0.6) is 5.75 Å². The van der Waals surface area contributed by atoms with Crippen LogP contribution in [0.25, 0.3) is 0 Å². The number of nitrogens with one attached hydrogen (secondary N) is 1. The summed E-state index contributed by atoms with van der Waals surface area (Å²) in [6.45, 7) is 0.776. The summed E-state index contributed by atoms with van der Waals surface area (Å²) in [6.07, 6.45) is 2.15. The first-order chi connectivity index (χ1) is 12.5. The van der Waals surface area contributed by atoms with Gasteiger partial charge in [0, 0.05) is 31.3 Å². The molecule has 2 aromatic rings. The number of rotatable bonds is 5. The summed E-state index contributed by atoms with van der Waals surface area (Å²) in [5.41, 5.74) is 0.953. The molecule has 1 atom stereocenters. The molecule has 0 saturated carbocycles. The van der Waals surface area contributed by atoms with Gasteiger partial charge in [0.05, 0.1) is 23.7 Å². The maximum absolute atomic E-state index is 12.5. The predicted molar refractivity (Wildman–Crippen MR) is 101 cm³/mol. The summed E-state index contributed by atoms with van der Waals surface area (Å²) in [5.74, 6) is 0.0842. The van der Waals surface area contributed by atoms with E-state index in [1.54, 1.807) is 32.3 Å². The zero-order chi connectivity index (χ0) is 18.7. The second-order valence-electron chi connectivity index (χ2n) is 6.27. The zero-order valence-electron chi connectivity index (χ0n) is 15.1. The van der Waals surface area contributed by atoms with E-state index in [-0.39, 0.29) is 17.9 Å². The van der Waals surface area contributed by atoms with Gasteiger partial charge >= 0.3 is 0 Å². The molecule has 1 aromatic heterocycles. The van der Waals surface area contributed by atoms with Crippen molar-refractivity contribution in [3.8, 4) is 5.75 Å². The Morgan fingerprint density at radius 3 is 2.73 bits per heavy atom. The van der Waals surface area contributed by atoms with Gasteiger partial charge in [0.1, 0.15) is 5.75 Å². The summed E-state index contributed by atoms with van der Waals surface area (Å²) in [7, 11) is 4.86. The van der Waals surface area contributed by atoms with E-state index in [2.05, 4.69) is 5.32 Å². The van der Waals surface area contributed by atoms with Crippen LogP contribution in [0.4, 0.5) is 5.69 Å². The molecule has 0 spiro atoms. The normalized spacial score (nSPS) is 16.3. The van der Waals surface area contributed by atoms with Crippen molar-refractivity contribution < 1.29 is 19.1 Å². The Morgan fingerprint density at radius 1 is 1.27 bits per heavy atom. The molecule has 1 aromatic carbocycles. The van der Waals surface area contributed by atoms with Gasteiger partial charge in [0.25, 0.3) is 11.8 Å². The van der Waals surface area contributed by atoms with Gasteiger partial charge in [-0.15, -0.1) is 11.3 Å². The van der Waals surface area contributed by atoms with Crippen LogP contribution in [-0.4, -0.2) is 44.5 Å². The molecule has 2 amide bonds. The molecule has 0 radical (unpaired) electrons. The lowest BCUT2D eigenvalue weighted by molar-refractivity contribution is 0.0824. The first kappa shape index (κ1) is 18.4. The Morgan fingerprint density at radius 2 is 2.08 bits per heavy atom. The number of hydrogen-bond donors (Lipinski definition) is 1. The van der Waals surface area contributed by atoms with Gasteiger partial charge in [-0.3, -0.25) is 9.59 Å². The highest BCUT2D eigenvalue weighted by Gasteiger charge is 2.21. The predicted octanol–water partition coefficient (Wildman–Crippen LogP) is 3.56. The van der Waals surface area contributed by atoms with Gasteiger partial charge in [-0.05, 0) is 43.2 Å². The SMILES string of the molecule is COc1ccc(NC(=O)c2ccc(C3CCCO3)s2)cc1C(=O)N(C)C. The Kier molecular flexibility index (Phi) is 5.58. The van der Waals surface area contributed by atoms with Gasteiger partial charge in [-0.2, -0.15) is 0 Å². The molecular formula is C19H22N2O4S. The van der Waals surface area contributed by atoms with E-state index in [9.17, 15) is 9.59 Å². The molecule has 6 nitrogen and oxygen atoms in total. The lowest BCUT2D eigenvalue weighted by Gasteiger charge is -2.15. The molecule has 1 fully saturated rings. The Balaban J connectivity index is 1.76. The lowest BCUT2D eigenvalue weighted by atomic mass is 10.1. The smallest absolute Gasteiger partial charge is 0.265 e. The number of benzene rings is 1. The summed E-state index contributed by atoms with van der Waals surface area (Å²) < 4.78 is 10.9. The fourth-order valence-corrected chi connectivity index (χ4v) is 3.82. The minimum atomic E-state index is -0.201. The number of nitrogens with zero attached hydrogens (tertiary/aromatic N) is 1. The fourth-order valence-electron chi connectivity index (χ4n) is 2.84. The summed E-state index contributed by atoms with van der Waals surface area (Å²) in [5, 5.41) is 2.85. The highest BCUT2D eigenvalue weighted by atomic mass is 32.1. The van der Waals surface area contributed by atoms with Crippen molar-refractivity contribution in [3.63, 3.8) is 0 Å². The number of carbonyl (C=O) groups is 2. The zero-order valence-corrected chi connectivity index (χ0v) is 15.9. The largest absolute Gasteiger partial charge is 0.496 e. The van der Waals surface area contributed by atoms with Crippen molar-refractivity contribution in [2.24, 2.45) is 0 Å². The molecule has 1 N–H and O–H groups in total. The van der Waals surface area contributed by atoms with Crippen molar-refractivity contribution in [1.82, 2.24) is 4.90 Å². The third kappa shape index (κ3) is 3.89. The van der Waals surface area contributed by atoms with Crippen LogP contribution >= 0.6 is 11.3 Å². The molecule has 2 heterocycles. The fraction of sp³-hybridized carbons (Fsp3) is 0.368. The number of ether oxygens (including phenoxy) is 2. The second kappa shape index (κ2) is 7.88. The summed E-state index contributed by atoms with van der Waals surface area (Å²) in [4.78, 5) is 28.0. The molecule has 1 aliphatic rings. The van der Waals surface area contributed by atoms with E-state index < -0.39 is 0 Å². The number of thiophene rings is 1. The first-order valence-electron chi connectivity index (χ1n) is 8.42. The third-order valence-electron chi connectivity index (χ3n) is 4.19. The summed E-state index contributed by atoms with van der Waals surface area (Å²) >= 11 is 1.44. The minimum Gasteiger partial charge on any atom is -0.496 e. The van der Waals surface area contributed by atoms with Crippen LogP contribution in [0, 0.1) is 0 Å². The highest BCUT2D eigenvalue weighted by Crippen LogP contribution is 2.33. The highest BCUT2D eigenvalue weighted by molar-refractivity contribution is 7.14. The van der Waals surface area contributed by atoms with E-state index >= 15 is 0 Å². The quantitative estimate of drug-likeness (QED) is 0.869. The number of carbonyl (C=O) groups excluding carboxylic acids is 2. The Hall–Kier alpha value is -2.38. The standard InChI is InChI=1S/C19H22N2O4S/c1-21(2)19(23)13-11-12(6-7-14(13)24-3)20-18(22)17-9-8-16(26-17)15-5-4-10-25-15/h6-9,11,15H,4-5,10H2,1-3H3,(H,20,22). The van der Waals surface area contributed by atoms with Gasteiger partial charge in [-0.25, -0.2) is 0 Å². The molecular weight excluding hydrogens is 352 g/mol. The van der Waals surface area contributed by atoms with Crippen LogP contribution in [-0.2, 0) is 4.74 Å². The van der Waals surface area contributed by atoms with E-state index in [0.29, 0.717) is 21.9 Å². The van der Waals surface area contributed by atoms with Crippen LogP contribution in [0.1, 0.15) is 43.9 Å². The molecule has 7 heteroatoms. The Bertz CT molecular complexity index is 810. The van der Waals surface area contributed by atoms with Crippen LogP contribution < -0.4 is 10.1 Å². The number of hydrogen-bond acceptors (Lipinski definition) is 5. The molecule has 3 rings (SSSR count). The van der Waals surface area contributed by atoms with Crippen molar-refractivity contribution in [2.75, 3.05) is 33.1 Å².